The molecule has 0 spiro atoms. The second kappa shape index (κ2) is 7.04. The van der Waals surface area contributed by atoms with Crippen LogP contribution in [0.2, 0.25) is 0 Å². The number of aromatic nitrogens is 2. The molecule has 25 heavy (non-hydrogen) atoms. The van der Waals surface area contributed by atoms with Gasteiger partial charge in [0.15, 0.2) is 0 Å². The van der Waals surface area contributed by atoms with Crippen LogP contribution >= 0.6 is 0 Å². The summed E-state index contributed by atoms with van der Waals surface area (Å²) in [6.07, 6.45) is 1.68. The number of fused-ring (bicyclic) bond motifs is 1. The number of carbonyl (C=O) groups excluding carboxylic acids is 1. The van der Waals surface area contributed by atoms with Gasteiger partial charge >= 0.3 is 0 Å². The molecular formula is C18H18N4O3. The van der Waals surface area contributed by atoms with Gasteiger partial charge in [-0.25, -0.2) is 4.98 Å². The van der Waals surface area contributed by atoms with Crippen molar-refractivity contribution in [3.8, 4) is 5.75 Å². The number of hydrogen-bond acceptors (Lipinski definition) is 5. The molecule has 0 fully saturated rings. The van der Waals surface area contributed by atoms with Crippen LogP contribution in [0.3, 0.4) is 0 Å². The standard InChI is InChI=1S/C18H18N4O3/c1-12(23)20-13-6-7-16(25-2)15(9-13)19-11-14-10-18(24)22-8-4-3-5-17(22)21-14/h3-10,19H,11H2,1-2H3,(H,20,23). The van der Waals surface area contributed by atoms with Crippen molar-refractivity contribution in [2.24, 2.45) is 0 Å². The first-order chi connectivity index (χ1) is 12.1. The Balaban J connectivity index is 1.85. The number of ether oxygens (including phenoxy) is 1. The fourth-order valence-electron chi connectivity index (χ4n) is 2.51. The largest absolute Gasteiger partial charge is 0.495 e. The third kappa shape index (κ3) is 3.77. The second-order valence-corrected chi connectivity index (χ2v) is 5.46. The lowest BCUT2D eigenvalue weighted by atomic mass is 10.2. The van der Waals surface area contributed by atoms with Crippen molar-refractivity contribution >= 4 is 22.9 Å². The third-order valence-corrected chi connectivity index (χ3v) is 3.60. The summed E-state index contributed by atoms with van der Waals surface area (Å²) >= 11 is 0. The number of amides is 1. The van der Waals surface area contributed by atoms with E-state index in [1.165, 1.54) is 17.4 Å². The van der Waals surface area contributed by atoms with E-state index in [-0.39, 0.29) is 11.5 Å². The van der Waals surface area contributed by atoms with E-state index in [9.17, 15) is 9.59 Å². The van der Waals surface area contributed by atoms with Crippen LogP contribution in [0.25, 0.3) is 5.65 Å². The van der Waals surface area contributed by atoms with Crippen LogP contribution in [0.5, 0.6) is 5.75 Å². The quantitative estimate of drug-likeness (QED) is 0.745. The average Bonchev–Trinajstić information content (AvgIpc) is 2.59. The van der Waals surface area contributed by atoms with Crippen molar-refractivity contribution in [3.05, 3.63) is 64.7 Å². The van der Waals surface area contributed by atoms with Crippen molar-refractivity contribution in [2.45, 2.75) is 13.5 Å². The summed E-state index contributed by atoms with van der Waals surface area (Å²) in [5, 5.41) is 5.92. The van der Waals surface area contributed by atoms with Gasteiger partial charge in [-0.1, -0.05) is 6.07 Å². The highest BCUT2D eigenvalue weighted by molar-refractivity contribution is 5.89. The monoisotopic (exact) mass is 338 g/mol. The molecule has 1 aromatic carbocycles. The molecule has 0 unspecified atom stereocenters. The smallest absolute Gasteiger partial charge is 0.258 e. The minimum atomic E-state index is -0.152. The summed E-state index contributed by atoms with van der Waals surface area (Å²) in [6, 6.07) is 12.2. The number of rotatable bonds is 5. The maximum atomic E-state index is 12.1. The number of hydrogen-bond donors (Lipinski definition) is 2. The van der Waals surface area contributed by atoms with E-state index >= 15 is 0 Å². The van der Waals surface area contributed by atoms with Gasteiger partial charge in [0.05, 0.1) is 25.0 Å². The molecule has 0 radical (unpaired) electrons. The number of benzene rings is 1. The number of pyridine rings is 1. The second-order valence-electron chi connectivity index (χ2n) is 5.46. The number of methoxy groups -OCH3 is 1. The van der Waals surface area contributed by atoms with Gasteiger partial charge in [0, 0.05) is 24.9 Å². The minimum Gasteiger partial charge on any atom is -0.495 e. The van der Waals surface area contributed by atoms with Gasteiger partial charge < -0.3 is 15.4 Å². The maximum absolute atomic E-state index is 12.1. The maximum Gasteiger partial charge on any atom is 0.258 e. The summed E-state index contributed by atoms with van der Waals surface area (Å²) in [4.78, 5) is 27.8. The fourth-order valence-corrected chi connectivity index (χ4v) is 2.51. The zero-order chi connectivity index (χ0) is 17.8. The van der Waals surface area contributed by atoms with Crippen LogP contribution in [0.15, 0.2) is 53.5 Å². The Kier molecular flexibility index (Phi) is 4.65. The van der Waals surface area contributed by atoms with E-state index in [1.807, 2.05) is 6.07 Å². The highest BCUT2D eigenvalue weighted by atomic mass is 16.5. The van der Waals surface area contributed by atoms with E-state index in [1.54, 1.807) is 43.6 Å². The Hall–Kier alpha value is -3.35. The van der Waals surface area contributed by atoms with Crippen molar-refractivity contribution in [3.63, 3.8) is 0 Å². The zero-order valence-corrected chi connectivity index (χ0v) is 13.9. The van der Waals surface area contributed by atoms with Crippen LogP contribution in [-0.4, -0.2) is 22.4 Å². The van der Waals surface area contributed by atoms with E-state index < -0.39 is 0 Å². The van der Waals surface area contributed by atoms with Gasteiger partial charge in [-0.2, -0.15) is 0 Å². The van der Waals surface area contributed by atoms with Crippen LogP contribution < -0.4 is 20.9 Å². The highest BCUT2D eigenvalue weighted by Gasteiger charge is 2.07. The predicted octanol–water partition coefficient (Wildman–Crippen LogP) is 2.27. The molecule has 0 saturated heterocycles. The van der Waals surface area contributed by atoms with Gasteiger partial charge in [-0.3, -0.25) is 14.0 Å². The normalized spacial score (nSPS) is 10.5. The SMILES string of the molecule is COc1ccc(NC(C)=O)cc1NCc1cc(=O)n2ccccc2n1. The first-order valence-electron chi connectivity index (χ1n) is 7.73. The van der Waals surface area contributed by atoms with E-state index in [4.69, 9.17) is 4.74 Å². The van der Waals surface area contributed by atoms with Gasteiger partial charge in [-0.05, 0) is 30.3 Å². The molecule has 1 amide bonds. The Labute approximate surface area is 144 Å². The summed E-state index contributed by atoms with van der Waals surface area (Å²) < 4.78 is 6.81. The summed E-state index contributed by atoms with van der Waals surface area (Å²) in [5.74, 6) is 0.479. The molecule has 0 aliphatic carbocycles. The van der Waals surface area contributed by atoms with Crippen molar-refractivity contribution < 1.29 is 9.53 Å². The topological polar surface area (TPSA) is 84.7 Å². The van der Waals surface area contributed by atoms with Crippen LogP contribution in [0, 0.1) is 0 Å². The summed E-state index contributed by atoms with van der Waals surface area (Å²) in [6.45, 7) is 1.80. The molecule has 0 aliphatic heterocycles. The van der Waals surface area contributed by atoms with E-state index in [2.05, 4.69) is 15.6 Å². The van der Waals surface area contributed by atoms with Crippen molar-refractivity contribution in [1.29, 1.82) is 0 Å². The molecule has 0 saturated carbocycles. The van der Waals surface area contributed by atoms with Crippen molar-refractivity contribution in [1.82, 2.24) is 9.38 Å². The molecule has 128 valence electrons. The molecule has 0 aliphatic rings. The predicted molar refractivity (Wildman–Crippen MR) is 96.1 cm³/mol. The number of nitrogens with one attached hydrogen (secondary N) is 2. The highest BCUT2D eigenvalue weighted by Crippen LogP contribution is 2.28. The molecule has 0 bridgehead atoms. The molecule has 7 nitrogen and oxygen atoms in total. The van der Waals surface area contributed by atoms with Crippen LogP contribution in [0.1, 0.15) is 12.6 Å². The van der Waals surface area contributed by atoms with Crippen LogP contribution in [-0.2, 0) is 11.3 Å². The first-order valence-corrected chi connectivity index (χ1v) is 7.73. The molecule has 3 rings (SSSR count). The van der Waals surface area contributed by atoms with E-state index in [0.717, 1.165) is 0 Å². The zero-order valence-electron chi connectivity index (χ0n) is 13.9. The lowest BCUT2D eigenvalue weighted by Crippen LogP contribution is -2.16. The Bertz CT molecular complexity index is 981. The molecular weight excluding hydrogens is 320 g/mol. The Morgan fingerprint density at radius 3 is 2.84 bits per heavy atom. The molecule has 2 aromatic heterocycles. The lowest BCUT2D eigenvalue weighted by molar-refractivity contribution is -0.114. The van der Waals surface area contributed by atoms with Gasteiger partial charge in [0.1, 0.15) is 11.4 Å². The molecule has 3 aromatic rings. The average molecular weight is 338 g/mol. The van der Waals surface area contributed by atoms with E-state index in [0.29, 0.717) is 35.0 Å². The van der Waals surface area contributed by atoms with Crippen molar-refractivity contribution in [2.75, 3.05) is 17.7 Å². The number of carbonyl (C=O) groups is 1. The lowest BCUT2D eigenvalue weighted by Gasteiger charge is -2.13. The van der Waals surface area contributed by atoms with Crippen LogP contribution in [0.4, 0.5) is 11.4 Å². The Morgan fingerprint density at radius 2 is 2.08 bits per heavy atom. The Morgan fingerprint density at radius 1 is 1.24 bits per heavy atom. The summed E-state index contributed by atoms with van der Waals surface area (Å²) in [7, 11) is 1.57. The fraction of sp³-hybridized carbons (Fsp3) is 0.167. The number of anilines is 2. The molecule has 2 N–H and O–H groups in total. The first kappa shape index (κ1) is 16.5. The minimum absolute atomic E-state index is 0.138. The summed E-state index contributed by atoms with van der Waals surface area (Å²) in [5.41, 5.74) is 2.42. The number of nitrogens with zero attached hydrogens (tertiary/aromatic N) is 2. The van der Waals surface area contributed by atoms with Gasteiger partial charge in [-0.15, -0.1) is 0 Å². The van der Waals surface area contributed by atoms with Gasteiger partial charge in [0.25, 0.3) is 5.56 Å². The van der Waals surface area contributed by atoms with Gasteiger partial charge in [0.2, 0.25) is 5.91 Å². The third-order valence-electron chi connectivity index (χ3n) is 3.60. The molecule has 2 heterocycles. The molecule has 0 atom stereocenters. The molecule has 7 heteroatoms.